The van der Waals surface area contributed by atoms with Gasteiger partial charge in [0.2, 0.25) is 5.91 Å². The Morgan fingerprint density at radius 2 is 1.78 bits per heavy atom. The van der Waals surface area contributed by atoms with Gasteiger partial charge in [-0.15, -0.1) is 11.8 Å². The second-order valence-electron chi connectivity index (χ2n) is 6.62. The quantitative estimate of drug-likeness (QED) is 0.763. The fourth-order valence-corrected chi connectivity index (χ4v) is 4.04. The molecule has 0 spiro atoms. The summed E-state index contributed by atoms with van der Waals surface area (Å²) in [4.78, 5) is 27.7. The topological polar surface area (TPSA) is 49.4 Å². The van der Waals surface area contributed by atoms with Gasteiger partial charge in [0, 0.05) is 18.0 Å². The van der Waals surface area contributed by atoms with Crippen LogP contribution in [0.3, 0.4) is 0 Å². The summed E-state index contributed by atoms with van der Waals surface area (Å²) >= 11 is 1.39. The molecule has 0 radical (unpaired) electrons. The average Bonchev–Trinajstić information content (AvgIpc) is 3.21. The van der Waals surface area contributed by atoms with Crippen molar-refractivity contribution in [3.63, 3.8) is 0 Å². The minimum Gasteiger partial charge on any atom is -0.345 e. The number of amides is 2. The Hall–Kier alpha value is -2.34. The monoisotopic (exact) mass is 386 g/mol. The zero-order valence-corrected chi connectivity index (χ0v) is 16.1. The van der Waals surface area contributed by atoms with Crippen LogP contribution in [-0.4, -0.2) is 35.6 Å². The van der Waals surface area contributed by atoms with Gasteiger partial charge in [-0.05, 0) is 49.6 Å². The highest BCUT2D eigenvalue weighted by atomic mass is 32.2. The molecule has 1 aliphatic heterocycles. The summed E-state index contributed by atoms with van der Waals surface area (Å²) in [7, 11) is 0. The number of hydrogen-bond donors (Lipinski definition) is 1. The van der Waals surface area contributed by atoms with Crippen molar-refractivity contribution < 1.29 is 14.0 Å². The van der Waals surface area contributed by atoms with Crippen LogP contribution >= 0.6 is 11.8 Å². The molecule has 0 bridgehead atoms. The predicted octanol–water partition coefficient (Wildman–Crippen LogP) is 4.03. The molecule has 1 atom stereocenters. The van der Waals surface area contributed by atoms with Gasteiger partial charge in [-0.2, -0.15) is 0 Å². The summed E-state index contributed by atoms with van der Waals surface area (Å²) in [5, 5.41) is 2.95. The van der Waals surface area contributed by atoms with E-state index in [4.69, 9.17) is 0 Å². The molecule has 0 saturated carbocycles. The Bertz CT molecular complexity index is 804. The van der Waals surface area contributed by atoms with Crippen LogP contribution < -0.4 is 5.32 Å². The van der Waals surface area contributed by atoms with Crippen LogP contribution in [0.1, 0.15) is 41.7 Å². The van der Waals surface area contributed by atoms with Crippen LogP contribution in [0.5, 0.6) is 0 Å². The average molecular weight is 386 g/mol. The van der Waals surface area contributed by atoms with Crippen molar-refractivity contribution in [3.8, 4) is 0 Å². The van der Waals surface area contributed by atoms with E-state index < -0.39 is 0 Å². The molecule has 1 heterocycles. The molecule has 1 aliphatic rings. The van der Waals surface area contributed by atoms with Crippen LogP contribution in [0.2, 0.25) is 0 Å². The molecule has 142 valence electrons. The van der Waals surface area contributed by atoms with E-state index in [1.165, 1.54) is 23.9 Å². The lowest BCUT2D eigenvalue weighted by Crippen LogP contribution is -2.29. The third-order valence-corrected chi connectivity index (χ3v) is 5.72. The Kier molecular flexibility index (Phi) is 6.50. The van der Waals surface area contributed by atoms with Crippen LogP contribution in [-0.2, 0) is 4.79 Å². The minimum absolute atomic E-state index is 0.118. The molecule has 27 heavy (non-hydrogen) atoms. The number of likely N-dealkylation sites (tertiary alicyclic amines) is 1. The second-order valence-corrected chi connectivity index (χ2v) is 7.64. The van der Waals surface area contributed by atoms with Gasteiger partial charge in [0.25, 0.3) is 5.91 Å². The summed E-state index contributed by atoms with van der Waals surface area (Å²) < 4.78 is 13.1. The van der Waals surface area contributed by atoms with E-state index in [9.17, 15) is 14.0 Å². The second kappa shape index (κ2) is 9.04. The van der Waals surface area contributed by atoms with E-state index in [1.807, 2.05) is 30.0 Å². The number of hydrogen-bond acceptors (Lipinski definition) is 3. The van der Waals surface area contributed by atoms with E-state index in [0.717, 1.165) is 36.4 Å². The molecule has 2 aromatic carbocycles. The number of rotatable bonds is 6. The Balaban J connectivity index is 1.64. The lowest BCUT2D eigenvalue weighted by Gasteiger charge is -2.17. The lowest BCUT2D eigenvalue weighted by molar-refractivity contribution is -0.127. The summed E-state index contributed by atoms with van der Waals surface area (Å²) in [5.41, 5.74) is 1.38. The van der Waals surface area contributed by atoms with Gasteiger partial charge in [-0.25, -0.2) is 4.39 Å². The van der Waals surface area contributed by atoms with E-state index in [1.54, 1.807) is 18.2 Å². The van der Waals surface area contributed by atoms with Crippen molar-refractivity contribution in [3.05, 3.63) is 65.5 Å². The molecule has 3 rings (SSSR count). The zero-order chi connectivity index (χ0) is 19.2. The molecule has 4 nitrogen and oxygen atoms in total. The van der Waals surface area contributed by atoms with E-state index in [2.05, 4.69) is 5.32 Å². The highest BCUT2D eigenvalue weighted by molar-refractivity contribution is 8.00. The predicted molar refractivity (Wildman–Crippen MR) is 105 cm³/mol. The number of nitrogens with one attached hydrogen (secondary N) is 1. The first-order valence-corrected chi connectivity index (χ1v) is 10.1. The van der Waals surface area contributed by atoms with Crippen molar-refractivity contribution in [1.82, 2.24) is 10.2 Å². The maximum Gasteiger partial charge on any atom is 0.252 e. The normalized spacial score (nSPS) is 14.8. The Morgan fingerprint density at radius 1 is 1.11 bits per heavy atom. The van der Waals surface area contributed by atoms with Gasteiger partial charge in [-0.3, -0.25) is 9.59 Å². The van der Waals surface area contributed by atoms with E-state index >= 15 is 0 Å². The van der Waals surface area contributed by atoms with E-state index in [0.29, 0.717) is 11.3 Å². The number of thioether (sulfide) groups is 1. The molecule has 1 N–H and O–H groups in total. The highest BCUT2D eigenvalue weighted by Crippen LogP contribution is 2.24. The first kappa shape index (κ1) is 19.4. The molecular formula is C21H23FN2O2S. The maximum absolute atomic E-state index is 13.1. The summed E-state index contributed by atoms with van der Waals surface area (Å²) in [5.74, 6) is -0.0599. The number of benzene rings is 2. The van der Waals surface area contributed by atoms with Crippen LogP contribution in [0.4, 0.5) is 4.39 Å². The number of halogens is 1. The van der Waals surface area contributed by atoms with Gasteiger partial charge in [0.15, 0.2) is 0 Å². The van der Waals surface area contributed by atoms with Gasteiger partial charge in [0.1, 0.15) is 5.82 Å². The smallest absolute Gasteiger partial charge is 0.252 e. The van der Waals surface area contributed by atoms with Crippen molar-refractivity contribution in [1.29, 1.82) is 0 Å². The third kappa shape index (κ3) is 5.10. The Morgan fingerprint density at radius 3 is 2.48 bits per heavy atom. The van der Waals surface area contributed by atoms with Gasteiger partial charge < -0.3 is 10.2 Å². The first-order valence-electron chi connectivity index (χ1n) is 9.10. The molecule has 6 heteroatoms. The van der Waals surface area contributed by atoms with Crippen LogP contribution in [0.15, 0.2) is 53.4 Å². The highest BCUT2D eigenvalue weighted by Gasteiger charge is 2.20. The summed E-state index contributed by atoms with van der Waals surface area (Å²) in [6.45, 7) is 3.52. The standard InChI is InChI=1S/C21H23FN2O2S/c1-15(16-8-10-17(22)11-9-16)23-21(26)18-6-2-3-7-19(18)27-14-20(25)24-12-4-5-13-24/h2-3,6-11,15H,4-5,12-14H2,1H3,(H,23,26)/t15-/m1/s1. The summed E-state index contributed by atoms with van der Waals surface area (Å²) in [6.07, 6.45) is 2.13. The van der Waals surface area contributed by atoms with Crippen molar-refractivity contribution in [2.75, 3.05) is 18.8 Å². The number of carbonyl (C=O) groups is 2. The van der Waals surface area contributed by atoms with Crippen molar-refractivity contribution >= 4 is 23.6 Å². The maximum atomic E-state index is 13.1. The lowest BCUT2D eigenvalue weighted by atomic mass is 10.1. The zero-order valence-electron chi connectivity index (χ0n) is 15.3. The largest absolute Gasteiger partial charge is 0.345 e. The molecule has 0 aromatic heterocycles. The van der Waals surface area contributed by atoms with Crippen LogP contribution in [0.25, 0.3) is 0 Å². The fraction of sp³-hybridized carbons (Fsp3) is 0.333. The van der Waals surface area contributed by atoms with Crippen molar-refractivity contribution in [2.45, 2.75) is 30.7 Å². The number of nitrogens with zero attached hydrogens (tertiary/aromatic N) is 1. The Labute approximate surface area is 163 Å². The molecule has 1 fully saturated rings. The number of carbonyl (C=O) groups excluding carboxylic acids is 2. The molecule has 2 aromatic rings. The van der Waals surface area contributed by atoms with Crippen molar-refractivity contribution in [2.24, 2.45) is 0 Å². The molecule has 0 unspecified atom stereocenters. The first-order chi connectivity index (χ1) is 13.0. The molecule has 2 amide bonds. The summed E-state index contributed by atoms with van der Waals surface area (Å²) in [6, 6.07) is 13.1. The third-order valence-electron chi connectivity index (χ3n) is 4.66. The van der Waals surface area contributed by atoms with Gasteiger partial charge in [0.05, 0.1) is 17.4 Å². The fourth-order valence-electron chi connectivity index (χ4n) is 3.09. The SMILES string of the molecule is C[C@@H](NC(=O)c1ccccc1SCC(=O)N1CCCC1)c1ccc(F)cc1. The van der Waals surface area contributed by atoms with Gasteiger partial charge in [-0.1, -0.05) is 24.3 Å². The molecular weight excluding hydrogens is 363 g/mol. The van der Waals surface area contributed by atoms with Gasteiger partial charge >= 0.3 is 0 Å². The van der Waals surface area contributed by atoms with Crippen LogP contribution in [0, 0.1) is 5.82 Å². The minimum atomic E-state index is -0.304. The molecule has 1 saturated heterocycles. The van der Waals surface area contributed by atoms with E-state index in [-0.39, 0.29) is 23.7 Å². The molecule has 0 aliphatic carbocycles.